The van der Waals surface area contributed by atoms with Crippen molar-refractivity contribution in [3.63, 3.8) is 0 Å². The summed E-state index contributed by atoms with van der Waals surface area (Å²) >= 11 is 1.37. The van der Waals surface area contributed by atoms with Gasteiger partial charge in [-0.1, -0.05) is 30.3 Å². The van der Waals surface area contributed by atoms with Crippen molar-refractivity contribution in [3.8, 4) is 21.8 Å². The van der Waals surface area contributed by atoms with Crippen LogP contribution in [0.3, 0.4) is 0 Å². The SMILES string of the molecule is O=[N+]([O-])c1ccc2o/c(=N\O)c(-c3nc(-c4ccccc4)cs3)cc2c1. The fraction of sp³-hybridized carbons (Fsp3) is 0. The van der Waals surface area contributed by atoms with Crippen molar-refractivity contribution in [2.24, 2.45) is 5.16 Å². The molecule has 8 heteroatoms. The van der Waals surface area contributed by atoms with Crippen molar-refractivity contribution >= 4 is 28.0 Å². The molecule has 0 aliphatic rings. The third-order valence-electron chi connectivity index (χ3n) is 3.84. The van der Waals surface area contributed by atoms with Crippen molar-refractivity contribution in [2.75, 3.05) is 0 Å². The lowest BCUT2D eigenvalue weighted by atomic mass is 10.1. The van der Waals surface area contributed by atoms with Gasteiger partial charge in [-0.25, -0.2) is 4.98 Å². The first-order valence-corrected chi connectivity index (χ1v) is 8.45. The molecule has 0 unspecified atom stereocenters. The minimum Gasteiger partial charge on any atom is -0.435 e. The van der Waals surface area contributed by atoms with E-state index in [1.54, 1.807) is 6.07 Å². The predicted molar refractivity (Wildman–Crippen MR) is 96.8 cm³/mol. The van der Waals surface area contributed by atoms with Gasteiger partial charge >= 0.3 is 0 Å². The highest BCUT2D eigenvalue weighted by Crippen LogP contribution is 2.29. The lowest BCUT2D eigenvalue weighted by Crippen LogP contribution is -2.05. The number of rotatable bonds is 3. The molecule has 0 amide bonds. The van der Waals surface area contributed by atoms with Crippen LogP contribution in [0.15, 0.2) is 69.6 Å². The van der Waals surface area contributed by atoms with Crippen LogP contribution in [0.2, 0.25) is 0 Å². The molecule has 0 atom stereocenters. The first-order chi connectivity index (χ1) is 12.7. The molecule has 0 spiro atoms. The lowest BCUT2D eigenvalue weighted by molar-refractivity contribution is -0.384. The molecule has 2 aromatic heterocycles. The minimum atomic E-state index is -0.472. The predicted octanol–water partition coefficient (Wildman–Crippen LogP) is 4.42. The fourth-order valence-corrected chi connectivity index (χ4v) is 3.43. The number of aromatic nitrogens is 1. The van der Waals surface area contributed by atoms with Gasteiger partial charge in [0.1, 0.15) is 10.6 Å². The van der Waals surface area contributed by atoms with E-state index in [0.29, 0.717) is 21.5 Å². The number of non-ortho nitro benzene ring substituents is 1. The van der Waals surface area contributed by atoms with E-state index in [1.807, 2.05) is 35.7 Å². The van der Waals surface area contributed by atoms with Crippen molar-refractivity contribution in [1.29, 1.82) is 0 Å². The van der Waals surface area contributed by atoms with Crippen LogP contribution in [0.1, 0.15) is 0 Å². The lowest BCUT2D eigenvalue weighted by Gasteiger charge is -2.01. The summed E-state index contributed by atoms with van der Waals surface area (Å²) < 4.78 is 5.57. The van der Waals surface area contributed by atoms with Gasteiger partial charge in [0, 0.05) is 28.5 Å². The van der Waals surface area contributed by atoms with Gasteiger partial charge in [-0.3, -0.25) is 10.1 Å². The van der Waals surface area contributed by atoms with E-state index in [0.717, 1.165) is 11.3 Å². The topological polar surface area (TPSA) is 102 Å². The molecular weight excluding hydrogens is 354 g/mol. The van der Waals surface area contributed by atoms with Gasteiger partial charge in [0.25, 0.3) is 11.2 Å². The second-order valence-electron chi connectivity index (χ2n) is 5.45. The Balaban J connectivity index is 1.88. The molecule has 128 valence electrons. The monoisotopic (exact) mass is 365 g/mol. The van der Waals surface area contributed by atoms with Crippen molar-refractivity contribution < 1.29 is 14.5 Å². The van der Waals surface area contributed by atoms with Crippen LogP contribution in [0.4, 0.5) is 5.69 Å². The van der Waals surface area contributed by atoms with Crippen molar-refractivity contribution in [2.45, 2.75) is 0 Å². The van der Waals surface area contributed by atoms with E-state index in [2.05, 4.69) is 10.1 Å². The quantitative estimate of drug-likeness (QED) is 0.329. The van der Waals surface area contributed by atoms with E-state index in [4.69, 9.17) is 4.42 Å². The summed E-state index contributed by atoms with van der Waals surface area (Å²) in [6, 6.07) is 15.6. The molecule has 2 heterocycles. The van der Waals surface area contributed by atoms with Gasteiger partial charge in [0.2, 0.25) is 0 Å². The van der Waals surface area contributed by atoms with Crippen LogP contribution in [0, 0.1) is 10.1 Å². The highest BCUT2D eigenvalue weighted by molar-refractivity contribution is 7.13. The van der Waals surface area contributed by atoms with Crippen molar-refractivity contribution in [1.82, 2.24) is 4.98 Å². The number of benzene rings is 2. The molecule has 4 aromatic rings. The number of hydrogen-bond donors (Lipinski definition) is 1. The summed E-state index contributed by atoms with van der Waals surface area (Å²) in [6.07, 6.45) is 0. The van der Waals surface area contributed by atoms with Crippen LogP contribution in [0.5, 0.6) is 0 Å². The third-order valence-corrected chi connectivity index (χ3v) is 4.71. The summed E-state index contributed by atoms with van der Waals surface area (Å²) in [7, 11) is 0. The van der Waals surface area contributed by atoms with Gasteiger partial charge < -0.3 is 9.62 Å². The Labute approximate surface area is 150 Å². The third kappa shape index (κ3) is 2.82. The number of fused-ring (bicyclic) bond motifs is 1. The van der Waals surface area contributed by atoms with Gasteiger partial charge in [-0.15, -0.1) is 11.3 Å². The van der Waals surface area contributed by atoms with Crippen LogP contribution >= 0.6 is 11.3 Å². The standard InChI is InChI=1S/C18H11N3O4S/c22-20-17-14(9-12-8-13(21(23)24)6-7-16(12)25-17)18-19-15(10-26-18)11-4-2-1-3-5-11/h1-10,22H/b20-17-. The Kier molecular flexibility index (Phi) is 3.94. The summed E-state index contributed by atoms with van der Waals surface area (Å²) in [5.41, 5.74) is 2.55. The summed E-state index contributed by atoms with van der Waals surface area (Å²) in [4.78, 5) is 15.1. The van der Waals surface area contributed by atoms with Gasteiger partial charge in [-0.2, -0.15) is 0 Å². The van der Waals surface area contributed by atoms with E-state index >= 15 is 0 Å². The molecule has 0 aliphatic heterocycles. The minimum absolute atomic E-state index is 0.000291. The zero-order valence-corrected chi connectivity index (χ0v) is 14.0. The maximum absolute atomic E-state index is 11.0. The molecule has 1 N–H and O–H groups in total. The molecule has 7 nitrogen and oxygen atoms in total. The van der Waals surface area contributed by atoms with E-state index in [1.165, 1.54) is 29.5 Å². The van der Waals surface area contributed by atoms with Crippen LogP contribution < -0.4 is 5.55 Å². The number of hydrogen-bond acceptors (Lipinski definition) is 7. The van der Waals surface area contributed by atoms with Gasteiger partial charge in [0.15, 0.2) is 0 Å². The smallest absolute Gasteiger partial charge is 0.270 e. The maximum Gasteiger partial charge on any atom is 0.270 e. The fourth-order valence-electron chi connectivity index (χ4n) is 2.60. The zero-order chi connectivity index (χ0) is 18.1. The number of thiazole rings is 1. The Morgan fingerprint density at radius 1 is 1.15 bits per heavy atom. The molecule has 26 heavy (non-hydrogen) atoms. The maximum atomic E-state index is 11.0. The average Bonchev–Trinajstić information content (AvgIpc) is 3.17. The Morgan fingerprint density at radius 3 is 2.69 bits per heavy atom. The van der Waals surface area contributed by atoms with Gasteiger partial charge in [-0.05, 0) is 17.3 Å². The van der Waals surface area contributed by atoms with E-state index < -0.39 is 4.92 Å². The number of nitro benzene ring substituents is 1. The average molecular weight is 365 g/mol. The van der Waals surface area contributed by atoms with E-state index in [9.17, 15) is 15.3 Å². The van der Waals surface area contributed by atoms with Gasteiger partial charge in [0.05, 0.1) is 16.2 Å². The Morgan fingerprint density at radius 2 is 1.96 bits per heavy atom. The molecule has 0 saturated heterocycles. The highest BCUT2D eigenvalue weighted by Gasteiger charge is 2.14. The second kappa shape index (κ2) is 6.41. The normalized spacial score (nSPS) is 11.8. The van der Waals surface area contributed by atoms with Crippen LogP contribution in [-0.4, -0.2) is 15.1 Å². The molecule has 4 rings (SSSR count). The molecule has 2 aromatic carbocycles. The largest absolute Gasteiger partial charge is 0.435 e. The molecular formula is C18H11N3O4S. The molecule has 0 radical (unpaired) electrons. The van der Waals surface area contributed by atoms with E-state index in [-0.39, 0.29) is 11.2 Å². The van der Waals surface area contributed by atoms with Crippen LogP contribution in [0.25, 0.3) is 32.8 Å². The summed E-state index contributed by atoms with van der Waals surface area (Å²) in [6.45, 7) is 0. The molecule has 0 bridgehead atoms. The first-order valence-electron chi connectivity index (χ1n) is 7.57. The second-order valence-corrected chi connectivity index (χ2v) is 6.31. The summed E-state index contributed by atoms with van der Waals surface area (Å²) in [5.74, 6) is 0. The zero-order valence-electron chi connectivity index (χ0n) is 13.2. The summed E-state index contributed by atoms with van der Waals surface area (Å²) in [5, 5.41) is 26.5. The Bertz CT molecular complexity index is 1180. The molecule has 0 saturated carbocycles. The van der Waals surface area contributed by atoms with Crippen molar-refractivity contribution in [3.05, 3.63) is 75.6 Å². The number of nitro groups is 1. The number of nitrogens with zero attached hydrogens (tertiary/aromatic N) is 3. The molecule has 0 fully saturated rings. The van der Waals surface area contributed by atoms with Crippen LogP contribution in [-0.2, 0) is 0 Å². The molecule has 0 aliphatic carbocycles. The Hall–Kier alpha value is -3.52. The first kappa shape index (κ1) is 16.0. The highest BCUT2D eigenvalue weighted by atomic mass is 32.1.